The summed E-state index contributed by atoms with van der Waals surface area (Å²) >= 11 is 0. The summed E-state index contributed by atoms with van der Waals surface area (Å²) in [6.45, 7) is 0.722. The predicted octanol–water partition coefficient (Wildman–Crippen LogP) is 2.32. The minimum absolute atomic E-state index is 0.0872. The highest BCUT2D eigenvalue weighted by Gasteiger charge is 2.28. The number of fused-ring (bicyclic) bond motifs is 3. The van der Waals surface area contributed by atoms with Crippen molar-refractivity contribution >= 4 is 21.7 Å². The van der Waals surface area contributed by atoms with Crippen molar-refractivity contribution < 1.29 is 13.2 Å². The summed E-state index contributed by atoms with van der Waals surface area (Å²) in [5, 5.41) is 6.89. The van der Waals surface area contributed by atoms with Gasteiger partial charge >= 0.3 is 6.03 Å². The minimum Gasteiger partial charge on any atom is -0.307 e. The molecule has 8 heteroatoms. The maximum absolute atomic E-state index is 12.6. The minimum atomic E-state index is -3.98. The second-order valence-corrected chi connectivity index (χ2v) is 9.22. The number of urea groups is 1. The van der Waals surface area contributed by atoms with E-state index in [4.69, 9.17) is 0 Å². The quantitative estimate of drug-likeness (QED) is 0.847. The van der Waals surface area contributed by atoms with Crippen LogP contribution in [0.5, 0.6) is 0 Å². The van der Waals surface area contributed by atoms with Gasteiger partial charge in [0.05, 0.1) is 0 Å². The molecule has 2 aliphatic carbocycles. The summed E-state index contributed by atoms with van der Waals surface area (Å²) in [5.74, 6) is 0. The molecular weight excluding hydrogens is 364 g/mol. The molecule has 0 bridgehead atoms. The van der Waals surface area contributed by atoms with Crippen LogP contribution in [-0.2, 0) is 48.7 Å². The number of benzene rings is 1. The van der Waals surface area contributed by atoms with Gasteiger partial charge in [-0.25, -0.2) is 9.52 Å². The van der Waals surface area contributed by atoms with Gasteiger partial charge in [0.2, 0.25) is 0 Å². The van der Waals surface area contributed by atoms with Gasteiger partial charge in [-0.3, -0.25) is 4.68 Å². The fourth-order valence-corrected chi connectivity index (χ4v) is 5.54. The lowest BCUT2D eigenvalue weighted by Crippen LogP contribution is -2.35. The second-order valence-electron chi connectivity index (χ2n) is 7.59. The average molecular weight is 386 g/mol. The lowest BCUT2D eigenvalue weighted by molar-refractivity contribution is 0.256. The Hall–Kier alpha value is -2.35. The van der Waals surface area contributed by atoms with Gasteiger partial charge in [0, 0.05) is 24.0 Å². The molecule has 5 rings (SSSR count). The van der Waals surface area contributed by atoms with Crippen molar-refractivity contribution in [2.24, 2.45) is 0 Å². The van der Waals surface area contributed by atoms with E-state index in [0.29, 0.717) is 0 Å². The third-order valence-electron chi connectivity index (χ3n) is 5.86. The van der Waals surface area contributed by atoms with Crippen LogP contribution in [0.15, 0.2) is 17.2 Å². The van der Waals surface area contributed by atoms with E-state index >= 15 is 0 Å². The van der Waals surface area contributed by atoms with Crippen LogP contribution in [0, 0.1) is 0 Å². The maximum Gasteiger partial charge on any atom is 0.333 e. The third kappa shape index (κ3) is 2.82. The number of nitrogens with zero attached hydrogens (tertiary/aromatic N) is 2. The maximum atomic E-state index is 12.6. The second kappa shape index (κ2) is 6.09. The SMILES string of the molecule is O=C(Nc1c2c(cc3c1CCC3)CCC2)NS(=O)(=O)c1cc2n(n1)CCC2. The number of anilines is 1. The van der Waals surface area contributed by atoms with Gasteiger partial charge < -0.3 is 5.32 Å². The Labute approximate surface area is 158 Å². The van der Waals surface area contributed by atoms with E-state index in [-0.39, 0.29) is 5.03 Å². The molecule has 1 aromatic heterocycles. The summed E-state index contributed by atoms with van der Waals surface area (Å²) in [4.78, 5) is 12.5. The van der Waals surface area contributed by atoms with Crippen LogP contribution in [0.25, 0.3) is 0 Å². The van der Waals surface area contributed by atoms with E-state index < -0.39 is 16.1 Å². The number of aromatic nitrogens is 2. The lowest BCUT2D eigenvalue weighted by Gasteiger charge is -2.16. The number of hydrogen-bond acceptors (Lipinski definition) is 4. The number of hydrogen-bond donors (Lipinski definition) is 2. The first kappa shape index (κ1) is 16.8. The summed E-state index contributed by atoms with van der Waals surface area (Å²) in [7, 11) is -3.98. The van der Waals surface area contributed by atoms with Gasteiger partial charge in [-0.2, -0.15) is 13.5 Å². The molecule has 7 nitrogen and oxygen atoms in total. The Kier molecular flexibility index (Phi) is 3.79. The molecular formula is C19H22N4O3S. The number of carbonyl (C=O) groups is 1. The zero-order valence-electron chi connectivity index (χ0n) is 15.0. The molecule has 3 aliphatic rings. The largest absolute Gasteiger partial charge is 0.333 e. The Bertz CT molecular complexity index is 1000. The van der Waals surface area contributed by atoms with Crippen molar-refractivity contribution in [1.82, 2.24) is 14.5 Å². The van der Waals surface area contributed by atoms with Gasteiger partial charge in [0.15, 0.2) is 5.03 Å². The number of amides is 2. The van der Waals surface area contributed by atoms with Crippen molar-refractivity contribution in [2.75, 3.05) is 5.32 Å². The molecule has 0 spiro atoms. The van der Waals surface area contributed by atoms with E-state index in [2.05, 4.69) is 21.2 Å². The first-order valence-electron chi connectivity index (χ1n) is 9.58. The van der Waals surface area contributed by atoms with Crippen molar-refractivity contribution in [1.29, 1.82) is 0 Å². The van der Waals surface area contributed by atoms with Crippen LogP contribution in [0.4, 0.5) is 10.5 Å². The van der Waals surface area contributed by atoms with Crippen LogP contribution in [0.2, 0.25) is 0 Å². The van der Waals surface area contributed by atoms with Crippen LogP contribution < -0.4 is 10.0 Å². The summed E-state index contributed by atoms with van der Waals surface area (Å²) < 4.78 is 29.0. The predicted molar refractivity (Wildman–Crippen MR) is 100 cm³/mol. The normalized spacial score (nSPS) is 17.5. The van der Waals surface area contributed by atoms with Crippen LogP contribution in [0.1, 0.15) is 47.2 Å². The Balaban J connectivity index is 1.40. The molecule has 2 heterocycles. The highest BCUT2D eigenvalue weighted by molar-refractivity contribution is 7.90. The smallest absolute Gasteiger partial charge is 0.307 e. The number of aryl methyl sites for hydroxylation is 4. The molecule has 1 aromatic carbocycles. The number of rotatable bonds is 3. The Morgan fingerprint density at radius 1 is 0.963 bits per heavy atom. The fourth-order valence-electron chi connectivity index (χ4n) is 4.65. The number of carbonyl (C=O) groups excluding carboxylic acids is 1. The molecule has 27 heavy (non-hydrogen) atoms. The molecule has 2 aromatic rings. The molecule has 0 saturated heterocycles. The van der Waals surface area contributed by atoms with Crippen LogP contribution >= 0.6 is 0 Å². The van der Waals surface area contributed by atoms with Crippen LogP contribution in [-0.4, -0.2) is 24.2 Å². The monoisotopic (exact) mass is 386 g/mol. The topological polar surface area (TPSA) is 93.1 Å². The molecule has 1 aliphatic heterocycles. The average Bonchev–Trinajstić information content (AvgIpc) is 3.36. The highest BCUT2D eigenvalue weighted by Crippen LogP contribution is 2.38. The number of sulfonamides is 1. The standard InChI is InChI=1S/C19H22N4O3S/c24-19(22-27(25,26)17-11-14-6-3-9-23(14)21-17)20-18-15-7-1-4-12(15)10-13-5-2-8-16(13)18/h10-11H,1-9H2,(H2,20,22,24). The van der Waals surface area contributed by atoms with E-state index in [1.165, 1.54) is 22.3 Å². The zero-order valence-corrected chi connectivity index (χ0v) is 15.9. The molecule has 2 N–H and O–H groups in total. The molecule has 0 unspecified atom stereocenters. The van der Waals surface area contributed by atoms with E-state index in [1.807, 2.05) is 0 Å². The van der Waals surface area contributed by atoms with E-state index in [0.717, 1.165) is 69.3 Å². The first-order valence-corrected chi connectivity index (χ1v) is 11.1. The lowest BCUT2D eigenvalue weighted by atomic mass is 9.99. The third-order valence-corrected chi connectivity index (χ3v) is 7.06. The summed E-state index contributed by atoms with van der Waals surface area (Å²) in [6, 6.07) is 3.12. The summed E-state index contributed by atoms with van der Waals surface area (Å²) in [5.41, 5.74) is 6.65. The van der Waals surface area contributed by atoms with Gasteiger partial charge in [0.1, 0.15) is 0 Å². The first-order chi connectivity index (χ1) is 13.0. The molecule has 0 radical (unpaired) electrons. The molecule has 0 fully saturated rings. The summed E-state index contributed by atoms with van der Waals surface area (Å²) in [6.07, 6.45) is 7.85. The van der Waals surface area contributed by atoms with Gasteiger partial charge in [0.25, 0.3) is 10.0 Å². The zero-order chi connectivity index (χ0) is 18.6. The molecule has 0 saturated carbocycles. The van der Waals surface area contributed by atoms with E-state index in [1.54, 1.807) is 10.7 Å². The van der Waals surface area contributed by atoms with Gasteiger partial charge in [-0.05, 0) is 73.6 Å². The van der Waals surface area contributed by atoms with Gasteiger partial charge in [-0.15, -0.1) is 0 Å². The van der Waals surface area contributed by atoms with Crippen molar-refractivity contribution in [2.45, 2.75) is 62.9 Å². The van der Waals surface area contributed by atoms with Crippen molar-refractivity contribution in [3.05, 3.63) is 40.1 Å². The molecule has 0 atom stereocenters. The Morgan fingerprint density at radius 3 is 2.33 bits per heavy atom. The molecule has 2 amide bonds. The van der Waals surface area contributed by atoms with Crippen molar-refractivity contribution in [3.8, 4) is 0 Å². The highest BCUT2D eigenvalue weighted by atomic mass is 32.2. The fraction of sp³-hybridized carbons (Fsp3) is 0.474. The van der Waals surface area contributed by atoms with Gasteiger partial charge in [-0.1, -0.05) is 6.07 Å². The Morgan fingerprint density at radius 2 is 1.67 bits per heavy atom. The molecule has 142 valence electrons. The van der Waals surface area contributed by atoms with Crippen molar-refractivity contribution in [3.63, 3.8) is 0 Å². The van der Waals surface area contributed by atoms with Crippen LogP contribution in [0.3, 0.4) is 0 Å². The number of nitrogens with one attached hydrogen (secondary N) is 2. The van der Waals surface area contributed by atoms with E-state index in [9.17, 15) is 13.2 Å².